The van der Waals surface area contributed by atoms with Crippen molar-refractivity contribution in [2.24, 2.45) is 0 Å². The summed E-state index contributed by atoms with van der Waals surface area (Å²) in [5.41, 5.74) is 2.42. The highest BCUT2D eigenvalue weighted by Crippen LogP contribution is 1.84. The molecule has 0 aromatic rings. The molecular formula is C6H7NO2. The Labute approximate surface area is 53.1 Å². The van der Waals surface area contributed by atoms with E-state index in [2.05, 4.69) is 15.4 Å². The molecule has 1 aliphatic heterocycles. The second kappa shape index (κ2) is 3.74. The minimum Gasteiger partial charge on any atom is -0.322 e. The lowest BCUT2D eigenvalue weighted by atomic mass is 10.5. The van der Waals surface area contributed by atoms with E-state index >= 15 is 0 Å². The molecule has 9 heavy (non-hydrogen) atoms. The van der Waals surface area contributed by atoms with E-state index in [1.54, 1.807) is 18.4 Å². The second-order valence-electron chi connectivity index (χ2n) is 1.37. The standard InChI is InChI=1S/C6H7NO2/c1-2-4-6-8-9-7-5-3-1/h1-7H/b2-1-,5-3-,6-4-. The van der Waals surface area contributed by atoms with Gasteiger partial charge in [0.15, 0.2) is 0 Å². The molecule has 0 amide bonds. The molecule has 0 fully saturated rings. The summed E-state index contributed by atoms with van der Waals surface area (Å²) in [7, 11) is 0. The quantitative estimate of drug-likeness (QED) is 0.490. The molecule has 1 rings (SSSR count). The molecule has 0 radical (unpaired) electrons. The third kappa shape index (κ3) is 2.56. The van der Waals surface area contributed by atoms with Gasteiger partial charge in [-0.05, 0) is 12.2 Å². The van der Waals surface area contributed by atoms with Gasteiger partial charge in [0.05, 0.1) is 0 Å². The molecule has 48 valence electrons. The Hall–Kier alpha value is -1.22. The molecule has 0 aromatic carbocycles. The summed E-state index contributed by atoms with van der Waals surface area (Å²) in [4.78, 5) is 8.85. The fourth-order valence-electron chi connectivity index (χ4n) is 0.384. The van der Waals surface area contributed by atoms with Gasteiger partial charge in [-0.2, -0.15) is 0 Å². The highest BCUT2D eigenvalue weighted by Gasteiger charge is 1.75. The Morgan fingerprint density at radius 1 is 1.00 bits per heavy atom. The Morgan fingerprint density at radius 3 is 2.89 bits per heavy atom. The predicted molar refractivity (Wildman–Crippen MR) is 32.7 cm³/mol. The molecule has 0 spiro atoms. The molecular weight excluding hydrogens is 118 g/mol. The summed E-state index contributed by atoms with van der Waals surface area (Å²) in [5, 5.41) is 0. The minimum absolute atomic E-state index is 1.43. The van der Waals surface area contributed by atoms with Crippen molar-refractivity contribution in [2.45, 2.75) is 0 Å². The first-order valence-electron chi connectivity index (χ1n) is 2.56. The molecule has 3 heteroatoms. The molecule has 0 saturated heterocycles. The molecule has 1 aliphatic rings. The lowest BCUT2D eigenvalue weighted by Gasteiger charge is -1.94. The van der Waals surface area contributed by atoms with Crippen LogP contribution in [0.1, 0.15) is 0 Å². The molecule has 0 atom stereocenters. The first-order chi connectivity index (χ1) is 4.50. The van der Waals surface area contributed by atoms with Crippen LogP contribution < -0.4 is 5.48 Å². The Balaban J connectivity index is 2.45. The lowest BCUT2D eigenvalue weighted by molar-refractivity contribution is -0.284. The van der Waals surface area contributed by atoms with E-state index in [0.29, 0.717) is 0 Å². The Morgan fingerprint density at radius 2 is 1.89 bits per heavy atom. The van der Waals surface area contributed by atoms with Gasteiger partial charge in [0.2, 0.25) is 0 Å². The van der Waals surface area contributed by atoms with Gasteiger partial charge in [-0.15, -0.1) is 0 Å². The first kappa shape index (κ1) is 5.91. The number of hydrogen-bond acceptors (Lipinski definition) is 3. The number of nitrogens with one attached hydrogen (secondary N) is 1. The SMILES string of the molecule is C1=C\C=C/OON\C=C/1. The molecule has 0 bridgehead atoms. The third-order valence-electron chi connectivity index (χ3n) is 0.728. The van der Waals surface area contributed by atoms with E-state index in [1.165, 1.54) is 6.26 Å². The van der Waals surface area contributed by atoms with E-state index < -0.39 is 0 Å². The second-order valence-corrected chi connectivity index (χ2v) is 1.37. The first-order valence-corrected chi connectivity index (χ1v) is 2.56. The maximum Gasteiger partial charge on any atom is 0.132 e. The average molecular weight is 125 g/mol. The van der Waals surface area contributed by atoms with Crippen LogP contribution in [0.3, 0.4) is 0 Å². The zero-order valence-corrected chi connectivity index (χ0v) is 4.78. The number of rotatable bonds is 0. The Bertz CT molecular complexity index is 133. The fourth-order valence-corrected chi connectivity index (χ4v) is 0.384. The van der Waals surface area contributed by atoms with Crippen molar-refractivity contribution in [1.82, 2.24) is 5.48 Å². The van der Waals surface area contributed by atoms with Gasteiger partial charge in [0, 0.05) is 6.20 Å². The maximum absolute atomic E-state index is 4.46. The summed E-state index contributed by atoms with van der Waals surface area (Å²) in [6, 6.07) is 0. The van der Waals surface area contributed by atoms with Crippen molar-refractivity contribution >= 4 is 0 Å². The largest absolute Gasteiger partial charge is 0.322 e. The average Bonchev–Trinajstić information content (AvgIpc) is 2.00. The van der Waals surface area contributed by atoms with E-state index in [4.69, 9.17) is 0 Å². The van der Waals surface area contributed by atoms with Crippen LogP contribution in [0.5, 0.6) is 0 Å². The van der Waals surface area contributed by atoms with E-state index in [0.717, 1.165) is 0 Å². The molecule has 1 N–H and O–H groups in total. The highest BCUT2D eigenvalue weighted by atomic mass is 17.3. The maximum atomic E-state index is 4.46. The molecule has 0 saturated carbocycles. The van der Waals surface area contributed by atoms with Gasteiger partial charge in [-0.3, -0.25) is 0 Å². The van der Waals surface area contributed by atoms with Gasteiger partial charge >= 0.3 is 0 Å². The minimum atomic E-state index is 1.43. The van der Waals surface area contributed by atoms with Crippen LogP contribution in [0, 0.1) is 0 Å². The van der Waals surface area contributed by atoms with Gasteiger partial charge in [0.1, 0.15) is 6.26 Å². The zero-order valence-electron chi connectivity index (χ0n) is 4.78. The molecule has 1 heterocycles. The summed E-state index contributed by atoms with van der Waals surface area (Å²) in [5.74, 6) is 0. The van der Waals surface area contributed by atoms with Crippen LogP contribution in [-0.4, -0.2) is 0 Å². The van der Waals surface area contributed by atoms with Crippen molar-refractivity contribution in [1.29, 1.82) is 0 Å². The zero-order chi connectivity index (χ0) is 6.36. The third-order valence-corrected chi connectivity index (χ3v) is 0.728. The number of allylic oxidation sites excluding steroid dienone is 4. The lowest BCUT2D eigenvalue weighted by Crippen LogP contribution is -2.03. The molecule has 0 aliphatic carbocycles. The van der Waals surface area contributed by atoms with E-state index in [-0.39, 0.29) is 0 Å². The van der Waals surface area contributed by atoms with Gasteiger partial charge in [-0.1, -0.05) is 17.1 Å². The summed E-state index contributed by atoms with van der Waals surface area (Å²) in [6.45, 7) is 0. The highest BCUT2D eigenvalue weighted by molar-refractivity contribution is 5.09. The molecule has 3 nitrogen and oxygen atoms in total. The van der Waals surface area contributed by atoms with Crippen LogP contribution in [-0.2, 0) is 9.88 Å². The Kier molecular flexibility index (Phi) is 2.46. The number of hydroxylamine groups is 1. The van der Waals surface area contributed by atoms with Crippen LogP contribution in [0.2, 0.25) is 0 Å². The summed E-state index contributed by atoms with van der Waals surface area (Å²) in [6.07, 6.45) is 10.2. The summed E-state index contributed by atoms with van der Waals surface area (Å²) < 4.78 is 0. The van der Waals surface area contributed by atoms with Crippen LogP contribution in [0.15, 0.2) is 36.8 Å². The van der Waals surface area contributed by atoms with Crippen molar-refractivity contribution in [2.75, 3.05) is 0 Å². The van der Waals surface area contributed by atoms with Gasteiger partial charge < -0.3 is 4.89 Å². The predicted octanol–water partition coefficient (Wildman–Crippen LogP) is 1.04. The van der Waals surface area contributed by atoms with Crippen molar-refractivity contribution < 1.29 is 9.88 Å². The normalized spacial score (nSPS) is 27.6. The van der Waals surface area contributed by atoms with Crippen LogP contribution in [0.25, 0.3) is 0 Å². The number of hydrogen-bond donors (Lipinski definition) is 1. The van der Waals surface area contributed by atoms with Gasteiger partial charge in [0.25, 0.3) is 0 Å². The molecule has 0 unspecified atom stereocenters. The van der Waals surface area contributed by atoms with E-state index in [1.807, 2.05) is 12.2 Å². The van der Waals surface area contributed by atoms with Crippen molar-refractivity contribution in [3.05, 3.63) is 36.8 Å². The van der Waals surface area contributed by atoms with Gasteiger partial charge in [-0.25, -0.2) is 5.48 Å². The van der Waals surface area contributed by atoms with E-state index in [9.17, 15) is 0 Å². The molecule has 0 aromatic heterocycles. The fraction of sp³-hybridized carbons (Fsp3) is 0. The van der Waals surface area contributed by atoms with Crippen LogP contribution >= 0.6 is 0 Å². The van der Waals surface area contributed by atoms with Crippen LogP contribution in [0.4, 0.5) is 0 Å². The van der Waals surface area contributed by atoms with Crippen molar-refractivity contribution in [3.8, 4) is 0 Å². The van der Waals surface area contributed by atoms with Crippen molar-refractivity contribution in [3.63, 3.8) is 0 Å². The smallest absolute Gasteiger partial charge is 0.132 e. The monoisotopic (exact) mass is 125 g/mol. The topological polar surface area (TPSA) is 30.5 Å². The summed E-state index contributed by atoms with van der Waals surface area (Å²) >= 11 is 0.